The summed E-state index contributed by atoms with van der Waals surface area (Å²) in [5.74, 6) is -2.08. The quantitative estimate of drug-likeness (QED) is 0.444. The van der Waals surface area contributed by atoms with Crippen molar-refractivity contribution in [2.45, 2.75) is 52.4 Å². The van der Waals surface area contributed by atoms with Gasteiger partial charge in [-0.2, -0.15) is 0 Å². The lowest BCUT2D eigenvalue weighted by Crippen LogP contribution is -2.36. The summed E-state index contributed by atoms with van der Waals surface area (Å²) in [6, 6.07) is 0. The molecule has 0 unspecified atom stereocenters. The maximum absolute atomic E-state index is 11.4. The second-order valence-electron chi connectivity index (χ2n) is 6.78. The Balaban J connectivity index is 2.37. The summed E-state index contributed by atoms with van der Waals surface area (Å²) in [7, 11) is 0. The molecule has 1 rings (SSSR count). The summed E-state index contributed by atoms with van der Waals surface area (Å²) < 4.78 is 5.31. The van der Waals surface area contributed by atoms with Crippen LogP contribution in [0.1, 0.15) is 52.4 Å². The molecule has 0 aliphatic carbocycles. The van der Waals surface area contributed by atoms with Crippen molar-refractivity contribution >= 4 is 11.9 Å². The molecule has 0 aromatic heterocycles. The number of unbranched alkanes of at least 4 members (excludes halogenated alkanes) is 3. The number of carboxylic acid groups (broad SMARTS) is 2. The van der Waals surface area contributed by atoms with Crippen LogP contribution < -0.4 is 0 Å². The number of ether oxygens (including phenoxy) is 1. The number of hydrogen-bond acceptors (Lipinski definition) is 4. The van der Waals surface area contributed by atoms with Crippen LogP contribution in [0.2, 0.25) is 0 Å². The van der Waals surface area contributed by atoms with Gasteiger partial charge >= 0.3 is 11.9 Å². The van der Waals surface area contributed by atoms with Gasteiger partial charge in [0.05, 0.1) is 13.2 Å². The van der Waals surface area contributed by atoms with Gasteiger partial charge in [-0.3, -0.25) is 4.90 Å². The third-order valence-corrected chi connectivity index (χ3v) is 4.25. The third kappa shape index (κ3) is 7.93. The van der Waals surface area contributed by atoms with E-state index in [2.05, 4.69) is 4.90 Å². The van der Waals surface area contributed by atoms with E-state index in [-0.39, 0.29) is 17.1 Å². The summed E-state index contributed by atoms with van der Waals surface area (Å²) in [6.45, 7) is 8.44. The lowest BCUT2D eigenvalue weighted by atomic mass is 9.94. The van der Waals surface area contributed by atoms with Crippen molar-refractivity contribution in [2.24, 2.45) is 5.92 Å². The van der Waals surface area contributed by atoms with Gasteiger partial charge in [0.2, 0.25) is 0 Å². The van der Waals surface area contributed by atoms with Crippen LogP contribution in [0, 0.1) is 5.92 Å². The van der Waals surface area contributed by atoms with E-state index in [0.29, 0.717) is 12.8 Å². The first kappa shape index (κ1) is 20.6. The van der Waals surface area contributed by atoms with Crippen molar-refractivity contribution in [3.63, 3.8) is 0 Å². The minimum Gasteiger partial charge on any atom is -0.478 e. The Labute approximate surface area is 144 Å². The molecule has 0 saturated carbocycles. The Morgan fingerprint density at radius 1 is 0.958 bits per heavy atom. The predicted octanol–water partition coefficient (Wildman–Crippen LogP) is 2.78. The van der Waals surface area contributed by atoms with Crippen molar-refractivity contribution in [1.29, 1.82) is 0 Å². The average molecular weight is 341 g/mol. The Morgan fingerprint density at radius 3 is 2.08 bits per heavy atom. The van der Waals surface area contributed by atoms with E-state index in [1.54, 1.807) is 0 Å². The Bertz CT molecular complexity index is 439. The monoisotopic (exact) mass is 341 g/mol. The first-order valence-electron chi connectivity index (χ1n) is 8.90. The van der Waals surface area contributed by atoms with E-state index in [1.807, 2.05) is 13.8 Å². The summed E-state index contributed by atoms with van der Waals surface area (Å²) in [4.78, 5) is 25.2. The smallest absolute Gasteiger partial charge is 0.332 e. The molecule has 1 aliphatic heterocycles. The highest BCUT2D eigenvalue weighted by molar-refractivity contribution is 5.98. The van der Waals surface area contributed by atoms with Crippen LogP contribution in [0.4, 0.5) is 0 Å². The van der Waals surface area contributed by atoms with Crippen molar-refractivity contribution in [2.75, 3.05) is 32.8 Å². The Hall–Kier alpha value is -1.40. The summed E-state index contributed by atoms with van der Waals surface area (Å²) in [6.07, 6.45) is 4.41. The fourth-order valence-corrected chi connectivity index (χ4v) is 2.95. The fraction of sp³-hybridized carbons (Fsp3) is 0.778. The minimum atomic E-state index is -1.10. The predicted molar refractivity (Wildman–Crippen MR) is 92.1 cm³/mol. The molecule has 0 aromatic carbocycles. The molecule has 6 heteroatoms. The van der Waals surface area contributed by atoms with E-state index < -0.39 is 11.9 Å². The van der Waals surface area contributed by atoms with Crippen LogP contribution in [-0.4, -0.2) is 59.9 Å². The highest BCUT2D eigenvalue weighted by atomic mass is 16.5. The number of aliphatic carboxylic acids is 2. The van der Waals surface area contributed by atoms with Gasteiger partial charge in [0, 0.05) is 24.2 Å². The zero-order chi connectivity index (χ0) is 17.9. The van der Waals surface area contributed by atoms with Crippen LogP contribution in [0.15, 0.2) is 11.1 Å². The van der Waals surface area contributed by atoms with Crippen LogP contribution in [-0.2, 0) is 14.3 Å². The molecule has 24 heavy (non-hydrogen) atoms. The molecule has 0 radical (unpaired) electrons. The molecule has 1 fully saturated rings. The van der Waals surface area contributed by atoms with E-state index in [1.165, 1.54) is 0 Å². The molecule has 0 spiro atoms. The maximum Gasteiger partial charge on any atom is 0.332 e. The first-order valence-corrected chi connectivity index (χ1v) is 8.90. The van der Waals surface area contributed by atoms with Gasteiger partial charge in [0.15, 0.2) is 0 Å². The molecule has 1 saturated heterocycles. The van der Waals surface area contributed by atoms with Gasteiger partial charge in [-0.15, -0.1) is 0 Å². The summed E-state index contributed by atoms with van der Waals surface area (Å²) >= 11 is 0. The second-order valence-corrected chi connectivity index (χ2v) is 6.78. The first-order chi connectivity index (χ1) is 11.4. The fourth-order valence-electron chi connectivity index (χ4n) is 2.95. The molecule has 0 amide bonds. The second kappa shape index (κ2) is 11.2. The van der Waals surface area contributed by atoms with Crippen LogP contribution in [0.5, 0.6) is 0 Å². The van der Waals surface area contributed by atoms with E-state index in [4.69, 9.17) is 4.74 Å². The number of carbonyl (C=O) groups is 2. The van der Waals surface area contributed by atoms with Gasteiger partial charge < -0.3 is 14.9 Å². The van der Waals surface area contributed by atoms with Crippen molar-refractivity contribution in [1.82, 2.24) is 4.90 Å². The lowest BCUT2D eigenvalue weighted by molar-refractivity contribution is -0.136. The van der Waals surface area contributed by atoms with E-state index in [0.717, 1.165) is 58.5 Å². The van der Waals surface area contributed by atoms with Crippen molar-refractivity contribution in [3.8, 4) is 0 Å². The number of nitrogens with zero attached hydrogens (tertiary/aromatic N) is 1. The van der Waals surface area contributed by atoms with Crippen LogP contribution in [0.3, 0.4) is 0 Å². The van der Waals surface area contributed by atoms with Crippen LogP contribution >= 0.6 is 0 Å². The molecule has 1 aliphatic rings. The van der Waals surface area contributed by atoms with E-state index >= 15 is 0 Å². The number of rotatable bonds is 11. The highest BCUT2D eigenvalue weighted by Gasteiger charge is 2.20. The largest absolute Gasteiger partial charge is 0.478 e. The lowest BCUT2D eigenvalue weighted by Gasteiger charge is -2.26. The topological polar surface area (TPSA) is 87.1 Å². The van der Waals surface area contributed by atoms with Crippen LogP contribution in [0.25, 0.3) is 0 Å². The number of morpholine rings is 1. The molecule has 2 N–H and O–H groups in total. The van der Waals surface area contributed by atoms with Gasteiger partial charge in [0.25, 0.3) is 0 Å². The van der Waals surface area contributed by atoms with Gasteiger partial charge in [-0.1, -0.05) is 26.7 Å². The van der Waals surface area contributed by atoms with Crippen molar-refractivity contribution in [3.05, 3.63) is 11.1 Å². The molecule has 0 aromatic rings. The minimum absolute atomic E-state index is 0.0609. The third-order valence-electron chi connectivity index (χ3n) is 4.25. The molecule has 138 valence electrons. The van der Waals surface area contributed by atoms with Gasteiger partial charge in [-0.25, -0.2) is 9.59 Å². The molecule has 0 bridgehead atoms. The number of hydrogen-bond donors (Lipinski definition) is 2. The average Bonchev–Trinajstić information content (AvgIpc) is 2.52. The zero-order valence-electron chi connectivity index (χ0n) is 14.9. The highest BCUT2D eigenvalue weighted by Crippen LogP contribution is 2.21. The normalized spacial score (nSPS) is 17.0. The molecule has 0 atom stereocenters. The number of carboxylic acids is 2. The maximum atomic E-state index is 11.4. The molecular weight excluding hydrogens is 310 g/mol. The Kier molecular flexibility index (Phi) is 9.64. The molecule has 1 heterocycles. The summed E-state index contributed by atoms with van der Waals surface area (Å²) in [5.41, 5.74) is 0.134. The molecular formula is C18H31NO5. The summed E-state index contributed by atoms with van der Waals surface area (Å²) in [5, 5.41) is 18.6. The van der Waals surface area contributed by atoms with Gasteiger partial charge in [-0.05, 0) is 38.1 Å². The van der Waals surface area contributed by atoms with Crippen molar-refractivity contribution < 1.29 is 24.5 Å². The SMILES string of the molecule is CC(C)CC(C(=O)O)=C(CCCCCCN1CCOCC1)C(=O)O. The van der Waals surface area contributed by atoms with E-state index in [9.17, 15) is 19.8 Å². The Morgan fingerprint density at radius 2 is 1.54 bits per heavy atom. The molecule has 6 nitrogen and oxygen atoms in total. The van der Waals surface area contributed by atoms with Gasteiger partial charge in [0.1, 0.15) is 0 Å². The standard InChI is InChI=1S/C18H31NO5/c1-14(2)13-16(18(22)23)15(17(20)21)7-5-3-4-6-8-19-9-11-24-12-10-19/h14H,3-13H2,1-2H3,(H,20,21)(H,22,23). The zero-order valence-corrected chi connectivity index (χ0v) is 14.9.